The number of imidazole rings is 1. The van der Waals surface area contributed by atoms with Crippen LogP contribution in [-0.4, -0.2) is 29.5 Å². The largest absolute Gasteiger partial charge is 0.328 e. The summed E-state index contributed by atoms with van der Waals surface area (Å²) in [6.45, 7) is 0.701. The van der Waals surface area contributed by atoms with Crippen LogP contribution in [0.3, 0.4) is 0 Å². The van der Waals surface area contributed by atoms with Crippen LogP contribution in [0.5, 0.6) is 0 Å². The minimum Gasteiger partial charge on any atom is -0.328 e. The third-order valence-corrected chi connectivity index (χ3v) is 6.00. The van der Waals surface area contributed by atoms with Crippen molar-refractivity contribution in [3.05, 3.63) is 91.4 Å². The Kier molecular flexibility index (Phi) is 5.50. The lowest BCUT2D eigenvalue weighted by molar-refractivity contribution is 0.573. The van der Waals surface area contributed by atoms with Gasteiger partial charge in [-0.3, -0.25) is 4.98 Å². The molecular formula is C22H20N4O2S. The van der Waals surface area contributed by atoms with Gasteiger partial charge in [0.05, 0.1) is 4.90 Å². The summed E-state index contributed by atoms with van der Waals surface area (Å²) in [5.41, 5.74) is 2.77. The average molecular weight is 404 g/mol. The maximum absolute atomic E-state index is 12.6. The Morgan fingerprint density at radius 2 is 1.52 bits per heavy atom. The van der Waals surface area contributed by atoms with E-state index in [2.05, 4.69) is 14.7 Å². The molecule has 0 saturated heterocycles. The number of nitrogens with one attached hydrogen (secondary N) is 1. The third kappa shape index (κ3) is 4.42. The Hall–Kier alpha value is -3.29. The summed E-state index contributed by atoms with van der Waals surface area (Å²) in [6.07, 6.45) is 5.20. The molecule has 7 heteroatoms. The van der Waals surface area contributed by atoms with Crippen molar-refractivity contribution in [1.82, 2.24) is 19.3 Å². The second kappa shape index (κ2) is 8.38. The van der Waals surface area contributed by atoms with Crippen LogP contribution in [0, 0.1) is 0 Å². The maximum atomic E-state index is 12.6. The molecule has 0 amide bonds. The van der Waals surface area contributed by atoms with Gasteiger partial charge in [0.15, 0.2) is 5.82 Å². The van der Waals surface area contributed by atoms with Crippen LogP contribution in [0.2, 0.25) is 0 Å². The number of rotatable bonds is 7. The Labute approximate surface area is 170 Å². The fraction of sp³-hybridized carbons (Fsp3) is 0.0909. The van der Waals surface area contributed by atoms with Crippen LogP contribution in [0.15, 0.2) is 96.3 Å². The minimum absolute atomic E-state index is 0.243. The summed E-state index contributed by atoms with van der Waals surface area (Å²) >= 11 is 0. The second-order valence-electron chi connectivity index (χ2n) is 6.45. The van der Waals surface area contributed by atoms with Gasteiger partial charge < -0.3 is 4.57 Å². The van der Waals surface area contributed by atoms with Crippen molar-refractivity contribution in [3.8, 4) is 22.6 Å². The number of benzene rings is 2. The number of sulfonamides is 1. The summed E-state index contributed by atoms with van der Waals surface area (Å²) in [5.74, 6) is 0.706. The zero-order chi connectivity index (χ0) is 20.1. The van der Waals surface area contributed by atoms with Gasteiger partial charge in [-0.1, -0.05) is 48.5 Å². The topological polar surface area (TPSA) is 76.9 Å². The van der Waals surface area contributed by atoms with E-state index in [1.165, 1.54) is 0 Å². The highest BCUT2D eigenvalue weighted by molar-refractivity contribution is 7.89. The van der Waals surface area contributed by atoms with E-state index in [0.29, 0.717) is 12.4 Å². The highest BCUT2D eigenvalue weighted by atomic mass is 32.2. The zero-order valence-electron chi connectivity index (χ0n) is 15.6. The molecule has 4 aromatic rings. The number of pyridine rings is 1. The van der Waals surface area contributed by atoms with Crippen molar-refractivity contribution in [2.75, 3.05) is 6.54 Å². The molecule has 0 atom stereocenters. The Balaban J connectivity index is 1.42. The first-order valence-corrected chi connectivity index (χ1v) is 10.7. The molecule has 0 saturated carbocycles. The average Bonchev–Trinajstić information content (AvgIpc) is 3.23. The molecule has 2 heterocycles. The molecule has 146 valence electrons. The summed E-state index contributed by atoms with van der Waals surface area (Å²) in [4.78, 5) is 8.86. The summed E-state index contributed by atoms with van der Waals surface area (Å²) in [5, 5.41) is 0. The molecule has 0 aliphatic rings. The normalized spacial score (nSPS) is 11.4. The summed E-state index contributed by atoms with van der Waals surface area (Å²) < 4.78 is 29.8. The molecule has 6 nitrogen and oxygen atoms in total. The van der Waals surface area contributed by atoms with Crippen molar-refractivity contribution in [2.45, 2.75) is 11.4 Å². The van der Waals surface area contributed by atoms with Gasteiger partial charge in [-0.25, -0.2) is 18.1 Å². The quantitative estimate of drug-likeness (QED) is 0.511. The van der Waals surface area contributed by atoms with Gasteiger partial charge in [-0.15, -0.1) is 0 Å². The Morgan fingerprint density at radius 1 is 0.793 bits per heavy atom. The summed E-state index contributed by atoms with van der Waals surface area (Å²) in [7, 11) is -3.59. The molecule has 4 rings (SSSR count). The van der Waals surface area contributed by atoms with Gasteiger partial charge in [0, 0.05) is 31.7 Å². The molecule has 1 N–H and O–H groups in total. The van der Waals surface area contributed by atoms with Crippen LogP contribution in [0.4, 0.5) is 0 Å². The second-order valence-corrected chi connectivity index (χ2v) is 8.21. The van der Waals surface area contributed by atoms with E-state index >= 15 is 0 Å². The predicted octanol–water partition coefficient (Wildman–Crippen LogP) is 3.59. The molecule has 0 unspecified atom stereocenters. The van der Waals surface area contributed by atoms with Gasteiger partial charge in [0.1, 0.15) is 5.69 Å². The van der Waals surface area contributed by atoms with Gasteiger partial charge in [0.25, 0.3) is 0 Å². The number of hydrogen-bond acceptors (Lipinski definition) is 4. The molecule has 0 aliphatic carbocycles. The SMILES string of the molecule is O=S(=O)(NCCn1ccnc1-c1ccccn1)c1ccc(-c2ccccc2)cc1. The van der Waals surface area contributed by atoms with Gasteiger partial charge >= 0.3 is 0 Å². The van der Waals surface area contributed by atoms with Gasteiger partial charge in [0.2, 0.25) is 10.0 Å². The van der Waals surface area contributed by atoms with Crippen LogP contribution < -0.4 is 4.72 Å². The molecule has 0 aliphatic heterocycles. The lowest BCUT2D eigenvalue weighted by atomic mass is 10.1. The number of hydrogen-bond donors (Lipinski definition) is 1. The third-order valence-electron chi connectivity index (χ3n) is 4.53. The predicted molar refractivity (Wildman–Crippen MR) is 113 cm³/mol. The fourth-order valence-corrected chi connectivity index (χ4v) is 4.08. The van der Waals surface area contributed by atoms with Crippen LogP contribution in [0.1, 0.15) is 0 Å². The lowest BCUT2D eigenvalue weighted by Gasteiger charge is -2.10. The van der Waals surface area contributed by atoms with Gasteiger partial charge in [-0.05, 0) is 35.4 Å². The minimum atomic E-state index is -3.59. The Bertz CT molecular complexity index is 1170. The van der Waals surface area contributed by atoms with E-state index in [4.69, 9.17) is 0 Å². The van der Waals surface area contributed by atoms with E-state index in [1.807, 2.05) is 71.4 Å². The van der Waals surface area contributed by atoms with E-state index in [1.54, 1.807) is 24.5 Å². The molecule has 0 radical (unpaired) electrons. The zero-order valence-corrected chi connectivity index (χ0v) is 16.5. The smallest absolute Gasteiger partial charge is 0.240 e. The molecule has 0 bridgehead atoms. The molecule has 0 fully saturated rings. The highest BCUT2D eigenvalue weighted by Crippen LogP contribution is 2.21. The fourth-order valence-electron chi connectivity index (χ4n) is 3.06. The Morgan fingerprint density at radius 3 is 2.24 bits per heavy atom. The first kappa shape index (κ1) is 19.0. The van der Waals surface area contributed by atoms with E-state index < -0.39 is 10.0 Å². The number of aromatic nitrogens is 3. The first-order chi connectivity index (χ1) is 14.1. The van der Waals surface area contributed by atoms with Crippen molar-refractivity contribution < 1.29 is 8.42 Å². The standard InChI is InChI=1S/C22H20N4O2S/c27-29(28,20-11-9-19(10-12-20)18-6-2-1-3-7-18)25-15-17-26-16-14-24-22(26)21-8-4-5-13-23-21/h1-14,16,25H,15,17H2. The molecule has 29 heavy (non-hydrogen) atoms. The lowest BCUT2D eigenvalue weighted by Crippen LogP contribution is -2.27. The van der Waals surface area contributed by atoms with E-state index in [-0.39, 0.29) is 11.4 Å². The van der Waals surface area contributed by atoms with Crippen molar-refractivity contribution >= 4 is 10.0 Å². The van der Waals surface area contributed by atoms with Crippen LogP contribution in [0.25, 0.3) is 22.6 Å². The number of nitrogens with zero attached hydrogens (tertiary/aromatic N) is 3. The monoisotopic (exact) mass is 404 g/mol. The molecule has 2 aromatic carbocycles. The molecule has 2 aromatic heterocycles. The summed E-state index contributed by atoms with van der Waals surface area (Å²) in [6, 6.07) is 22.3. The highest BCUT2D eigenvalue weighted by Gasteiger charge is 2.14. The molecule has 0 spiro atoms. The van der Waals surface area contributed by atoms with Crippen molar-refractivity contribution in [3.63, 3.8) is 0 Å². The maximum Gasteiger partial charge on any atom is 0.240 e. The molecular weight excluding hydrogens is 384 g/mol. The first-order valence-electron chi connectivity index (χ1n) is 9.21. The van der Waals surface area contributed by atoms with Crippen LogP contribution in [-0.2, 0) is 16.6 Å². The van der Waals surface area contributed by atoms with Crippen molar-refractivity contribution in [2.24, 2.45) is 0 Å². The van der Waals surface area contributed by atoms with Crippen molar-refractivity contribution in [1.29, 1.82) is 0 Å². The van der Waals surface area contributed by atoms with Crippen LogP contribution >= 0.6 is 0 Å². The van der Waals surface area contributed by atoms with E-state index in [9.17, 15) is 8.42 Å². The van der Waals surface area contributed by atoms with Gasteiger partial charge in [-0.2, -0.15) is 0 Å². The van der Waals surface area contributed by atoms with E-state index in [0.717, 1.165) is 16.8 Å².